The first-order chi connectivity index (χ1) is 14.2. The van der Waals surface area contributed by atoms with Gasteiger partial charge in [-0.1, -0.05) is 50.8 Å². The summed E-state index contributed by atoms with van der Waals surface area (Å²) in [6.07, 6.45) is 8.28. The van der Waals surface area contributed by atoms with Crippen LogP contribution in [-0.4, -0.2) is 57.7 Å². The van der Waals surface area contributed by atoms with E-state index in [1.165, 1.54) is 30.4 Å². The molecule has 6 nitrogen and oxygen atoms in total. The van der Waals surface area contributed by atoms with Crippen LogP contribution in [0.2, 0.25) is 0 Å². The Morgan fingerprint density at radius 2 is 1.72 bits per heavy atom. The number of piperazine rings is 1. The zero-order valence-corrected chi connectivity index (χ0v) is 17.5. The van der Waals surface area contributed by atoms with E-state index < -0.39 is 0 Å². The van der Waals surface area contributed by atoms with Crippen molar-refractivity contribution < 1.29 is 4.79 Å². The van der Waals surface area contributed by atoms with Crippen molar-refractivity contribution >= 4 is 16.7 Å². The highest BCUT2D eigenvalue weighted by molar-refractivity contribution is 6.04. The topological polar surface area (TPSA) is 58.4 Å². The molecule has 1 aromatic carbocycles. The number of hydrogen-bond donors (Lipinski definition) is 0. The van der Waals surface area contributed by atoms with Gasteiger partial charge in [-0.15, -0.1) is 0 Å². The Hall–Kier alpha value is -2.21. The van der Waals surface area contributed by atoms with Gasteiger partial charge in [-0.2, -0.15) is 5.10 Å². The van der Waals surface area contributed by atoms with Crippen molar-refractivity contribution in [3.63, 3.8) is 0 Å². The normalized spacial score (nSPS) is 18.6. The van der Waals surface area contributed by atoms with Crippen molar-refractivity contribution in [1.82, 2.24) is 19.6 Å². The van der Waals surface area contributed by atoms with Crippen LogP contribution >= 0.6 is 0 Å². The Kier molecular flexibility index (Phi) is 6.28. The van der Waals surface area contributed by atoms with E-state index in [1.807, 2.05) is 29.2 Å². The number of amides is 1. The third-order valence-electron chi connectivity index (χ3n) is 6.49. The van der Waals surface area contributed by atoms with Crippen molar-refractivity contribution in [2.75, 3.05) is 26.2 Å². The lowest BCUT2D eigenvalue weighted by Gasteiger charge is -2.38. The molecule has 1 aromatic heterocycles. The lowest BCUT2D eigenvalue weighted by atomic mass is 10.1. The van der Waals surface area contributed by atoms with Crippen molar-refractivity contribution in [2.45, 2.75) is 64.5 Å². The third-order valence-corrected chi connectivity index (χ3v) is 6.49. The molecule has 1 aliphatic carbocycles. The van der Waals surface area contributed by atoms with Crippen LogP contribution in [0.4, 0.5) is 0 Å². The average molecular weight is 397 g/mol. The molecule has 2 heterocycles. The molecule has 0 bridgehead atoms. The largest absolute Gasteiger partial charge is 0.335 e. The number of carbonyl (C=O) groups is 1. The molecule has 4 rings (SSSR count). The quantitative estimate of drug-likeness (QED) is 0.703. The summed E-state index contributed by atoms with van der Waals surface area (Å²) in [4.78, 5) is 30.7. The Bertz CT molecular complexity index is 909. The molecule has 1 aliphatic heterocycles. The van der Waals surface area contributed by atoms with Gasteiger partial charge in [0.25, 0.3) is 11.5 Å². The molecule has 156 valence electrons. The minimum Gasteiger partial charge on any atom is -0.335 e. The van der Waals surface area contributed by atoms with Crippen molar-refractivity contribution in [1.29, 1.82) is 0 Å². The van der Waals surface area contributed by atoms with Crippen molar-refractivity contribution in [3.8, 4) is 0 Å². The first kappa shape index (κ1) is 20.1. The van der Waals surface area contributed by atoms with Gasteiger partial charge in [-0.25, -0.2) is 4.68 Å². The van der Waals surface area contributed by atoms with Gasteiger partial charge in [0.15, 0.2) is 5.69 Å². The van der Waals surface area contributed by atoms with Crippen molar-refractivity contribution in [3.05, 3.63) is 40.3 Å². The summed E-state index contributed by atoms with van der Waals surface area (Å²) in [5.41, 5.74) is 0.324. The fraction of sp³-hybridized carbons (Fsp3) is 0.609. The molecular weight excluding hydrogens is 364 g/mol. The summed E-state index contributed by atoms with van der Waals surface area (Å²) >= 11 is 0. The van der Waals surface area contributed by atoms with E-state index in [2.05, 4.69) is 16.9 Å². The molecule has 0 spiro atoms. The van der Waals surface area contributed by atoms with Gasteiger partial charge in [0, 0.05) is 44.2 Å². The molecule has 0 N–H and O–H groups in total. The van der Waals surface area contributed by atoms with Gasteiger partial charge in [0.05, 0.1) is 5.39 Å². The lowest BCUT2D eigenvalue weighted by molar-refractivity contribution is 0.0567. The lowest BCUT2D eigenvalue weighted by Crippen LogP contribution is -2.51. The van der Waals surface area contributed by atoms with Crippen LogP contribution in [0.1, 0.15) is 62.4 Å². The van der Waals surface area contributed by atoms with Crippen LogP contribution in [-0.2, 0) is 6.54 Å². The smallest absolute Gasteiger partial charge is 0.275 e. The van der Waals surface area contributed by atoms with Gasteiger partial charge in [0.1, 0.15) is 0 Å². The summed E-state index contributed by atoms with van der Waals surface area (Å²) in [5.74, 6) is -0.0449. The van der Waals surface area contributed by atoms with Crippen LogP contribution in [0.5, 0.6) is 0 Å². The second-order valence-corrected chi connectivity index (χ2v) is 8.40. The fourth-order valence-corrected chi connectivity index (χ4v) is 4.77. The molecule has 1 amide bonds. The monoisotopic (exact) mass is 396 g/mol. The second kappa shape index (κ2) is 9.08. The van der Waals surface area contributed by atoms with E-state index in [1.54, 1.807) is 0 Å². The van der Waals surface area contributed by atoms with E-state index in [0.717, 1.165) is 45.4 Å². The minimum absolute atomic E-state index is 0.0449. The van der Waals surface area contributed by atoms with E-state index in [9.17, 15) is 9.59 Å². The zero-order chi connectivity index (χ0) is 20.2. The number of hydrogen-bond acceptors (Lipinski definition) is 4. The highest BCUT2D eigenvalue weighted by Gasteiger charge is 2.29. The molecule has 2 fully saturated rings. The molecule has 29 heavy (non-hydrogen) atoms. The SMILES string of the molecule is CCCCCn1nc(C(=O)N2CCN(C3CCCC3)CC2)c2ccccc2c1=O. The first-order valence-electron chi connectivity index (χ1n) is 11.2. The molecule has 1 saturated carbocycles. The van der Waals surface area contributed by atoms with E-state index in [4.69, 9.17) is 0 Å². The van der Waals surface area contributed by atoms with Gasteiger partial charge < -0.3 is 4.90 Å². The maximum absolute atomic E-state index is 13.4. The van der Waals surface area contributed by atoms with Crippen LogP contribution in [0.3, 0.4) is 0 Å². The number of fused-ring (bicyclic) bond motifs is 1. The second-order valence-electron chi connectivity index (χ2n) is 8.40. The number of benzene rings is 1. The van der Waals surface area contributed by atoms with Gasteiger partial charge in [-0.05, 0) is 25.3 Å². The van der Waals surface area contributed by atoms with Crippen LogP contribution in [0.15, 0.2) is 29.1 Å². The third kappa shape index (κ3) is 4.22. The number of rotatable bonds is 6. The Morgan fingerprint density at radius 1 is 1.03 bits per heavy atom. The number of unbranched alkanes of at least 4 members (excludes halogenated alkanes) is 2. The maximum Gasteiger partial charge on any atom is 0.275 e. The molecule has 2 aliphatic rings. The highest BCUT2D eigenvalue weighted by Crippen LogP contribution is 2.25. The maximum atomic E-state index is 13.4. The molecule has 6 heteroatoms. The van der Waals surface area contributed by atoms with Crippen LogP contribution in [0, 0.1) is 0 Å². The van der Waals surface area contributed by atoms with Crippen LogP contribution in [0.25, 0.3) is 10.8 Å². The number of aromatic nitrogens is 2. The fourth-order valence-electron chi connectivity index (χ4n) is 4.77. The molecule has 0 unspecified atom stereocenters. The minimum atomic E-state index is -0.0979. The molecule has 0 atom stereocenters. The van der Waals surface area contributed by atoms with Gasteiger partial charge >= 0.3 is 0 Å². The van der Waals surface area contributed by atoms with E-state index in [0.29, 0.717) is 29.1 Å². The molecular formula is C23H32N4O2. The summed E-state index contributed by atoms with van der Waals surface area (Å²) in [6.45, 7) is 6.04. The Morgan fingerprint density at radius 3 is 2.41 bits per heavy atom. The predicted molar refractivity (Wildman–Crippen MR) is 115 cm³/mol. The molecule has 2 aromatic rings. The van der Waals surface area contributed by atoms with Crippen molar-refractivity contribution in [2.24, 2.45) is 0 Å². The standard InChI is InChI=1S/C23H32N4O2/c1-2-3-8-13-27-22(28)20-12-7-6-11-19(20)21(24-27)23(29)26-16-14-25(15-17-26)18-9-4-5-10-18/h6-7,11-12,18H,2-5,8-10,13-17H2,1H3. The summed E-state index contributed by atoms with van der Waals surface area (Å²) in [6, 6.07) is 8.09. The van der Waals surface area contributed by atoms with Gasteiger partial charge in [-0.3, -0.25) is 14.5 Å². The molecule has 0 radical (unpaired) electrons. The summed E-state index contributed by atoms with van der Waals surface area (Å²) in [5, 5.41) is 5.81. The number of carbonyl (C=O) groups excluding carboxylic acids is 1. The number of aryl methyl sites for hydroxylation is 1. The summed E-state index contributed by atoms with van der Waals surface area (Å²) < 4.78 is 1.50. The van der Waals surface area contributed by atoms with E-state index >= 15 is 0 Å². The van der Waals surface area contributed by atoms with Gasteiger partial charge in [0.2, 0.25) is 0 Å². The summed E-state index contributed by atoms with van der Waals surface area (Å²) in [7, 11) is 0. The average Bonchev–Trinajstić information content (AvgIpc) is 3.30. The van der Waals surface area contributed by atoms with Crippen LogP contribution < -0.4 is 5.56 Å². The Labute approximate surface area is 172 Å². The highest BCUT2D eigenvalue weighted by atomic mass is 16.2. The number of nitrogens with zero attached hydrogens (tertiary/aromatic N) is 4. The zero-order valence-electron chi connectivity index (χ0n) is 17.5. The molecule has 1 saturated heterocycles. The Balaban J connectivity index is 1.56. The predicted octanol–water partition coefficient (Wildman–Crippen LogP) is 3.29. The first-order valence-corrected chi connectivity index (χ1v) is 11.2. The van der Waals surface area contributed by atoms with E-state index in [-0.39, 0.29) is 11.5 Å².